The molecule has 0 bridgehead atoms. The Kier molecular flexibility index (Phi) is 3.68. The number of oxazole rings is 1. The first-order valence-electron chi connectivity index (χ1n) is 7.28. The summed E-state index contributed by atoms with van der Waals surface area (Å²) in [7, 11) is -3.02. The Morgan fingerprint density at radius 2 is 2.23 bits per heavy atom. The van der Waals surface area contributed by atoms with Crippen LogP contribution in [0.2, 0.25) is 0 Å². The van der Waals surface area contributed by atoms with Gasteiger partial charge >= 0.3 is 0 Å². The van der Waals surface area contributed by atoms with Crippen LogP contribution in [0.3, 0.4) is 0 Å². The summed E-state index contributed by atoms with van der Waals surface area (Å²) >= 11 is 0. The third kappa shape index (κ3) is 2.72. The van der Waals surface area contributed by atoms with Crippen LogP contribution in [0, 0.1) is 6.92 Å². The first-order chi connectivity index (χ1) is 10.4. The minimum atomic E-state index is -3.02. The van der Waals surface area contributed by atoms with Gasteiger partial charge in [0.2, 0.25) is 0 Å². The molecule has 1 fully saturated rings. The zero-order valence-electron chi connectivity index (χ0n) is 12.6. The number of carbonyl (C=O) groups is 1. The third-order valence-corrected chi connectivity index (χ3v) is 5.74. The molecule has 0 saturated carbocycles. The predicted octanol–water partition coefficient (Wildman–Crippen LogP) is 1.79. The molecule has 1 unspecified atom stereocenters. The maximum atomic E-state index is 12.7. The van der Waals surface area contributed by atoms with E-state index in [-0.39, 0.29) is 23.5 Å². The molecule has 1 saturated heterocycles. The number of sulfone groups is 1. The zero-order chi connectivity index (χ0) is 15.9. The van der Waals surface area contributed by atoms with Crippen LogP contribution in [0.15, 0.2) is 22.6 Å². The lowest BCUT2D eigenvalue weighted by Crippen LogP contribution is -2.40. The van der Waals surface area contributed by atoms with Crippen molar-refractivity contribution in [3.63, 3.8) is 0 Å². The van der Waals surface area contributed by atoms with E-state index >= 15 is 0 Å². The third-order valence-electron chi connectivity index (χ3n) is 3.99. The lowest BCUT2D eigenvalue weighted by molar-refractivity contribution is 0.0708. The molecule has 2 heterocycles. The molecular weight excluding hydrogens is 304 g/mol. The van der Waals surface area contributed by atoms with Gasteiger partial charge in [-0.2, -0.15) is 0 Å². The highest BCUT2D eigenvalue weighted by Gasteiger charge is 2.34. The Bertz CT molecular complexity index is 825. The molecule has 1 aromatic heterocycles. The topological polar surface area (TPSA) is 80.5 Å². The van der Waals surface area contributed by atoms with Crippen molar-refractivity contribution in [3.8, 4) is 0 Å². The summed E-state index contributed by atoms with van der Waals surface area (Å²) in [6.45, 7) is 4.09. The molecule has 1 aliphatic heterocycles. The van der Waals surface area contributed by atoms with Crippen LogP contribution >= 0.6 is 0 Å². The van der Waals surface area contributed by atoms with Crippen molar-refractivity contribution in [2.45, 2.75) is 26.3 Å². The minimum Gasteiger partial charge on any atom is -0.441 e. The molecule has 6 nitrogen and oxygen atoms in total. The van der Waals surface area contributed by atoms with E-state index in [0.29, 0.717) is 35.5 Å². The molecule has 1 aliphatic rings. The van der Waals surface area contributed by atoms with E-state index in [0.717, 1.165) is 0 Å². The van der Waals surface area contributed by atoms with Crippen molar-refractivity contribution >= 4 is 26.8 Å². The van der Waals surface area contributed by atoms with Gasteiger partial charge in [0.25, 0.3) is 5.91 Å². The van der Waals surface area contributed by atoms with E-state index in [9.17, 15) is 13.2 Å². The van der Waals surface area contributed by atoms with E-state index in [1.54, 1.807) is 30.0 Å². The number of fused-ring (bicyclic) bond motifs is 1. The minimum absolute atomic E-state index is 0.0518. The van der Waals surface area contributed by atoms with Gasteiger partial charge in [0.1, 0.15) is 5.52 Å². The first-order valence-corrected chi connectivity index (χ1v) is 9.10. The SMILES string of the molecule is CCN(C(=O)c1ccc2nc(C)oc2c1)C1CCS(=O)(=O)C1. The molecule has 22 heavy (non-hydrogen) atoms. The first kappa shape index (κ1) is 15.0. The Labute approximate surface area is 129 Å². The lowest BCUT2D eigenvalue weighted by Gasteiger charge is -2.26. The predicted molar refractivity (Wildman–Crippen MR) is 82.5 cm³/mol. The van der Waals surface area contributed by atoms with Gasteiger partial charge in [-0.05, 0) is 31.5 Å². The van der Waals surface area contributed by atoms with Crippen molar-refractivity contribution in [2.24, 2.45) is 0 Å². The van der Waals surface area contributed by atoms with E-state index in [1.165, 1.54) is 0 Å². The number of aryl methyl sites for hydroxylation is 1. The summed E-state index contributed by atoms with van der Waals surface area (Å²) in [5, 5.41) is 0. The monoisotopic (exact) mass is 322 g/mol. The van der Waals surface area contributed by atoms with E-state index in [2.05, 4.69) is 4.98 Å². The standard InChI is InChI=1S/C15H18N2O4S/c1-3-17(12-6-7-22(19,20)9-12)15(18)11-4-5-13-14(8-11)21-10(2)16-13/h4-5,8,12H,3,6-7,9H2,1-2H3. The average molecular weight is 322 g/mol. The van der Waals surface area contributed by atoms with Crippen molar-refractivity contribution < 1.29 is 17.6 Å². The van der Waals surface area contributed by atoms with E-state index < -0.39 is 9.84 Å². The Morgan fingerprint density at radius 3 is 2.86 bits per heavy atom. The van der Waals surface area contributed by atoms with Crippen molar-refractivity contribution in [2.75, 3.05) is 18.1 Å². The van der Waals surface area contributed by atoms with Gasteiger partial charge in [-0.1, -0.05) is 0 Å². The number of benzene rings is 1. The quantitative estimate of drug-likeness (QED) is 0.860. The van der Waals surface area contributed by atoms with Crippen LogP contribution in [0.1, 0.15) is 29.6 Å². The smallest absolute Gasteiger partial charge is 0.254 e. The van der Waals surface area contributed by atoms with Gasteiger partial charge in [0.15, 0.2) is 21.3 Å². The zero-order valence-corrected chi connectivity index (χ0v) is 13.4. The molecular formula is C15H18N2O4S. The van der Waals surface area contributed by atoms with Crippen molar-refractivity contribution in [3.05, 3.63) is 29.7 Å². The summed E-state index contributed by atoms with van der Waals surface area (Å²) < 4.78 is 28.7. The molecule has 0 aliphatic carbocycles. The summed E-state index contributed by atoms with van der Waals surface area (Å²) in [6.07, 6.45) is 0.506. The van der Waals surface area contributed by atoms with Crippen LogP contribution in [-0.2, 0) is 9.84 Å². The van der Waals surface area contributed by atoms with E-state index in [1.807, 2.05) is 6.92 Å². The lowest BCUT2D eigenvalue weighted by atomic mass is 10.1. The average Bonchev–Trinajstić information content (AvgIpc) is 3.00. The van der Waals surface area contributed by atoms with Gasteiger partial charge in [-0.15, -0.1) is 0 Å². The Morgan fingerprint density at radius 1 is 1.45 bits per heavy atom. The van der Waals surface area contributed by atoms with Gasteiger partial charge in [-0.3, -0.25) is 4.79 Å². The highest BCUT2D eigenvalue weighted by atomic mass is 32.2. The van der Waals surface area contributed by atoms with Gasteiger partial charge in [0, 0.05) is 25.1 Å². The fourth-order valence-electron chi connectivity index (χ4n) is 2.93. The van der Waals surface area contributed by atoms with Crippen LogP contribution in [-0.4, -0.2) is 48.3 Å². The van der Waals surface area contributed by atoms with Crippen LogP contribution in [0.25, 0.3) is 11.1 Å². The Hall–Kier alpha value is -1.89. The normalized spacial score (nSPS) is 20.4. The van der Waals surface area contributed by atoms with Crippen molar-refractivity contribution in [1.82, 2.24) is 9.88 Å². The maximum absolute atomic E-state index is 12.7. The fourth-order valence-corrected chi connectivity index (χ4v) is 4.66. The molecule has 0 radical (unpaired) electrons. The summed E-state index contributed by atoms with van der Waals surface area (Å²) in [5.74, 6) is 0.590. The highest BCUT2D eigenvalue weighted by molar-refractivity contribution is 7.91. The number of hydrogen-bond donors (Lipinski definition) is 0. The molecule has 3 rings (SSSR count). The van der Waals surface area contributed by atoms with Crippen LogP contribution in [0.5, 0.6) is 0 Å². The second-order valence-electron chi connectivity index (χ2n) is 5.56. The van der Waals surface area contributed by atoms with Crippen molar-refractivity contribution in [1.29, 1.82) is 0 Å². The fraction of sp³-hybridized carbons (Fsp3) is 0.467. The van der Waals surface area contributed by atoms with Crippen LogP contribution < -0.4 is 0 Å². The number of nitrogens with zero attached hydrogens (tertiary/aromatic N) is 2. The molecule has 0 spiro atoms. The number of aromatic nitrogens is 1. The number of carbonyl (C=O) groups excluding carboxylic acids is 1. The molecule has 7 heteroatoms. The molecule has 1 atom stereocenters. The molecule has 0 N–H and O–H groups in total. The van der Waals surface area contributed by atoms with Gasteiger partial charge < -0.3 is 9.32 Å². The summed E-state index contributed by atoms with van der Waals surface area (Å²) in [6, 6.07) is 4.88. The maximum Gasteiger partial charge on any atom is 0.254 e. The summed E-state index contributed by atoms with van der Waals surface area (Å²) in [5.41, 5.74) is 1.77. The van der Waals surface area contributed by atoms with E-state index in [4.69, 9.17) is 4.42 Å². The van der Waals surface area contributed by atoms with Gasteiger partial charge in [-0.25, -0.2) is 13.4 Å². The molecule has 1 amide bonds. The number of rotatable bonds is 3. The largest absolute Gasteiger partial charge is 0.441 e. The molecule has 2 aromatic rings. The van der Waals surface area contributed by atoms with Crippen LogP contribution in [0.4, 0.5) is 0 Å². The van der Waals surface area contributed by atoms with Gasteiger partial charge in [0.05, 0.1) is 11.5 Å². The molecule has 118 valence electrons. The summed E-state index contributed by atoms with van der Waals surface area (Å²) in [4.78, 5) is 18.5. The molecule has 1 aromatic carbocycles. The Balaban J connectivity index is 1.89. The number of amides is 1. The highest BCUT2D eigenvalue weighted by Crippen LogP contribution is 2.22. The number of hydrogen-bond acceptors (Lipinski definition) is 5. The second-order valence-corrected chi connectivity index (χ2v) is 7.79. The second kappa shape index (κ2) is 5.39.